The van der Waals surface area contributed by atoms with Crippen LogP contribution in [0.1, 0.15) is 5.82 Å². The number of anilines is 2. The molecule has 0 unspecified atom stereocenters. The molecule has 0 saturated carbocycles. The normalized spacial score (nSPS) is 18.0. The van der Waals surface area contributed by atoms with Crippen molar-refractivity contribution in [3.05, 3.63) is 36.2 Å². The van der Waals surface area contributed by atoms with E-state index in [4.69, 9.17) is 19.4 Å². The molecule has 2 aliphatic heterocycles. The molecule has 2 aromatic heterocycles. The molecule has 8 nitrogen and oxygen atoms in total. The molecule has 2 fully saturated rings. The number of aromatic nitrogens is 4. The van der Waals surface area contributed by atoms with Crippen LogP contribution >= 0.6 is 0 Å². The zero-order valence-electron chi connectivity index (χ0n) is 16.0. The van der Waals surface area contributed by atoms with Crippen LogP contribution in [0, 0.1) is 6.92 Å². The molecule has 2 saturated heterocycles. The summed E-state index contributed by atoms with van der Waals surface area (Å²) in [5.74, 6) is 3.42. The number of ether oxygens (including phenoxy) is 2. The van der Waals surface area contributed by atoms with Gasteiger partial charge in [-0.2, -0.15) is 9.97 Å². The van der Waals surface area contributed by atoms with Crippen molar-refractivity contribution < 1.29 is 9.47 Å². The summed E-state index contributed by atoms with van der Waals surface area (Å²) in [5.41, 5.74) is 1.97. The molecule has 8 heteroatoms. The van der Waals surface area contributed by atoms with E-state index in [9.17, 15) is 0 Å². The zero-order valence-corrected chi connectivity index (χ0v) is 16.0. The molecule has 0 radical (unpaired) electrons. The van der Waals surface area contributed by atoms with Gasteiger partial charge in [-0.3, -0.25) is 4.57 Å². The first-order chi connectivity index (χ1) is 13.8. The molecule has 28 heavy (non-hydrogen) atoms. The first-order valence-electron chi connectivity index (χ1n) is 9.78. The maximum Gasteiger partial charge on any atom is 0.239 e. The molecule has 0 bridgehead atoms. The molecule has 0 atom stereocenters. The highest BCUT2D eigenvalue weighted by Crippen LogP contribution is 2.25. The van der Waals surface area contributed by atoms with E-state index < -0.39 is 0 Å². The van der Waals surface area contributed by atoms with Crippen LogP contribution in [0.3, 0.4) is 0 Å². The molecule has 0 N–H and O–H groups in total. The Labute approximate surface area is 163 Å². The fourth-order valence-corrected chi connectivity index (χ4v) is 3.82. The van der Waals surface area contributed by atoms with Crippen molar-refractivity contribution in [3.63, 3.8) is 0 Å². The van der Waals surface area contributed by atoms with Crippen LogP contribution in [0.4, 0.5) is 11.6 Å². The van der Waals surface area contributed by atoms with Crippen LogP contribution in [-0.2, 0) is 9.47 Å². The van der Waals surface area contributed by atoms with E-state index in [-0.39, 0.29) is 0 Å². The number of aryl methyl sites for hydroxylation is 1. The third-order valence-electron chi connectivity index (χ3n) is 5.29. The van der Waals surface area contributed by atoms with Crippen LogP contribution in [0.2, 0.25) is 0 Å². The number of morpholine rings is 2. The first kappa shape index (κ1) is 17.4. The van der Waals surface area contributed by atoms with Crippen molar-refractivity contribution in [2.45, 2.75) is 6.92 Å². The highest BCUT2D eigenvalue weighted by molar-refractivity contribution is 5.77. The van der Waals surface area contributed by atoms with Crippen LogP contribution in [0.15, 0.2) is 30.3 Å². The van der Waals surface area contributed by atoms with Crippen LogP contribution < -0.4 is 9.80 Å². The summed E-state index contributed by atoms with van der Waals surface area (Å²) < 4.78 is 13.1. The Hall–Kier alpha value is -2.71. The summed E-state index contributed by atoms with van der Waals surface area (Å²) in [6.07, 6.45) is 0. The van der Waals surface area contributed by atoms with E-state index in [2.05, 4.69) is 26.9 Å². The predicted molar refractivity (Wildman–Crippen MR) is 107 cm³/mol. The van der Waals surface area contributed by atoms with Crippen molar-refractivity contribution in [1.82, 2.24) is 19.5 Å². The van der Waals surface area contributed by atoms with Crippen molar-refractivity contribution in [2.75, 3.05) is 62.4 Å². The number of rotatable bonds is 3. The minimum absolute atomic E-state index is 0.664. The van der Waals surface area contributed by atoms with Crippen LogP contribution in [0.5, 0.6) is 0 Å². The van der Waals surface area contributed by atoms with Gasteiger partial charge in [0.1, 0.15) is 17.5 Å². The Morgan fingerprint density at radius 2 is 1.36 bits per heavy atom. The van der Waals surface area contributed by atoms with Gasteiger partial charge in [-0.1, -0.05) is 12.1 Å². The maximum absolute atomic E-state index is 5.52. The van der Waals surface area contributed by atoms with Crippen molar-refractivity contribution in [2.24, 2.45) is 0 Å². The molecule has 5 rings (SSSR count). The zero-order chi connectivity index (χ0) is 18.9. The van der Waals surface area contributed by atoms with Gasteiger partial charge < -0.3 is 19.3 Å². The van der Waals surface area contributed by atoms with E-state index in [1.165, 1.54) is 0 Å². The van der Waals surface area contributed by atoms with Gasteiger partial charge in [0.2, 0.25) is 5.95 Å². The Morgan fingerprint density at radius 3 is 1.96 bits per heavy atom. The monoisotopic (exact) mass is 380 g/mol. The SMILES string of the molecule is Cc1nc2ccccc2n1-c1nc(N2CCOCC2)cc(N2CCOCC2)n1. The molecular weight excluding hydrogens is 356 g/mol. The quantitative estimate of drug-likeness (QED) is 0.686. The fourth-order valence-electron chi connectivity index (χ4n) is 3.82. The molecule has 1 aromatic carbocycles. The molecule has 2 aliphatic rings. The van der Waals surface area contributed by atoms with E-state index >= 15 is 0 Å². The van der Waals surface area contributed by atoms with Gasteiger partial charge in [-0.15, -0.1) is 0 Å². The molecule has 146 valence electrons. The van der Waals surface area contributed by atoms with Gasteiger partial charge in [-0.25, -0.2) is 4.98 Å². The lowest BCUT2D eigenvalue weighted by Gasteiger charge is -2.31. The third-order valence-corrected chi connectivity index (χ3v) is 5.29. The molecular formula is C20H24N6O2. The number of hydrogen-bond donors (Lipinski definition) is 0. The molecule has 0 aliphatic carbocycles. The second-order valence-corrected chi connectivity index (χ2v) is 7.07. The summed E-state index contributed by atoms with van der Waals surface area (Å²) in [7, 11) is 0. The number of hydrogen-bond acceptors (Lipinski definition) is 7. The molecule has 0 spiro atoms. The summed E-state index contributed by atoms with van der Waals surface area (Å²) in [4.78, 5) is 19.1. The minimum Gasteiger partial charge on any atom is -0.378 e. The fraction of sp³-hybridized carbons (Fsp3) is 0.450. The van der Waals surface area contributed by atoms with Gasteiger partial charge in [0.15, 0.2) is 0 Å². The van der Waals surface area contributed by atoms with Gasteiger partial charge in [0.05, 0.1) is 37.5 Å². The Kier molecular flexibility index (Phi) is 4.58. The van der Waals surface area contributed by atoms with Crippen molar-refractivity contribution >= 4 is 22.7 Å². The number of fused-ring (bicyclic) bond motifs is 1. The van der Waals surface area contributed by atoms with Gasteiger partial charge in [0.25, 0.3) is 0 Å². The minimum atomic E-state index is 0.664. The largest absolute Gasteiger partial charge is 0.378 e. The van der Waals surface area contributed by atoms with E-state index in [1.807, 2.05) is 29.7 Å². The number of benzene rings is 1. The predicted octanol–water partition coefficient (Wildman–Crippen LogP) is 1.80. The van der Waals surface area contributed by atoms with Crippen molar-refractivity contribution in [3.8, 4) is 5.95 Å². The average Bonchev–Trinajstić information content (AvgIpc) is 3.10. The second-order valence-electron chi connectivity index (χ2n) is 7.07. The lowest BCUT2D eigenvalue weighted by molar-refractivity contribution is 0.122. The number of imidazole rings is 1. The molecule has 4 heterocycles. The number of para-hydroxylation sites is 2. The first-order valence-corrected chi connectivity index (χ1v) is 9.78. The highest BCUT2D eigenvalue weighted by atomic mass is 16.5. The number of nitrogens with zero attached hydrogens (tertiary/aromatic N) is 6. The lowest BCUT2D eigenvalue weighted by Crippen LogP contribution is -2.39. The van der Waals surface area contributed by atoms with Crippen LogP contribution in [-0.4, -0.2) is 72.1 Å². The van der Waals surface area contributed by atoms with Crippen LogP contribution in [0.25, 0.3) is 17.0 Å². The van der Waals surface area contributed by atoms with Gasteiger partial charge in [0, 0.05) is 32.2 Å². The lowest BCUT2D eigenvalue weighted by atomic mass is 10.3. The van der Waals surface area contributed by atoms with Gasteiger partial charge in [-0.05, 0) is 19.1 Å². The highest BCUT2D eigenvalue weighted by Gasteiger charge is 2.21. The summed E-state index contributed by atoms with van der Waals surface area (Å²) in [6.45, 7) is 8.23. The smallest absolute Gasteiger partial charge is 0.239 e. The summed E-state index contributed by atoms with van der Waals surface area (Å²) in [6, 6.07) is 10.2. The van der Waals surface area contributed by atoms with E-state index in [0.717, 1.165) is 81.1 Å². The molecule has 0 amide bonds. The Morgan fingerprint density at radius 1 is 0.786 bits per heavy atom. The topological polar surface area (TPSA) is 68.5 Å². The average molecular weight is 380 g/mol. The Balaban J connectivity index is 1.64. The Bertz CT molecular complexity index is 940. The summed E-state index contributed by atoms with van der Waals surface area (Å²) >= 11 is 0. The van der Waals surface area contributed by atoms with Gasteiger partial charge >= 0.3 is 0 Å². The second kappa shape index (κ2) is 7.37. The third kappa shape index (κ3) is 3.18. The van der Waals surface area contributed by atoms with E-state index in [0.29, 0.717) is 5.95 Å². The molecule has 3 aromatic rings. The standard InChI is InChI=1S/C20H24N6O2/c1-15-21-16-4-2-3-5-17(16)26(15)20-22-18(24-6-10-27-11-7-24)14-19(23-20)25-8-12-28-13-9-25/h2-5,14H,6-13H2,1H3. The summed E-state index contributed by atoms with van der Waals surface area (Å²) in [5, 5.41) is 0. The maximum atomic E-state index is 5.52. The van der Waals surface area contributed by atoms with E-state index in [1.54, 1.807) is 0 Å². The van der Waals surface area contributed by atoms with Crippen molar-refractivity contribution in [1.29, 1.82) is 0 Å².